The molecule has 228 valence electrons. The zero-order valence-electron chi connectivity index (χ0n) is 25.9. The van der Waals surface area contributed by atoms with Crippen LogP contribution in [-0.2, 0) is 20.7 Å². The number of fused-ring (bicyclic) bond motifs is 1. The van der Waals surface area contributed by atoms with E-state index in [9.17, 15) is 9.59 Å². The Bertz CT molecular complexity index is 1580. The zero-order chi connectivity index (χ0) is 31.1. The molecule has 0 bridgehead atoms. The van der Waals surface area contributed by atoms with Crippen LogP contribution in [0.15, 0.2) is 48.5 Å². The van der Waals surface area contributed by atoms with E-state index in [0.717, 1.165) is 39.5 Å². The monoisotopic (exact) mass is 588 g/mol. The molecule has 2 aromatic heterocycles. The first-order valence-corrected chi connectivity index (χ1v) is 14.4. The minimum Gasteiger partial charge on any atom is -0.497 e. The molecule has 0 saturated heterocycles. The summed E-state index contributed by atoms with van der Waals surface area (Å²) in [5.41, 5.74) is 5.71. The summed E-state index contributed by atoms with van der Waals surface area (Å²) >= 11 is 0. The van der Waals surface area contributed by atoms with Crippen LogP contribution >= 0.6 is 0 Å². The number of benzene rings is 2. The predicted molar refractivity (Wildman–Crippen MR) is 164 cm³/mol. The first-order chi connectivity index (χ1) is 20.6. The van der Waals surface area contributed by atoms with Crippen molar-refractivity contribution in [1.29, 1.82) is 0 Å². The average Bonchev–Trinajstić information content (AvgIpc) is 3.40. The predicted octanol–water partition coefficient (Wildman–Crippen LogP) is 5.56. The lowest BCUT2D eigenvalue weighted by atomic mass is 10.0. The van der Waals surface area contributed by atoms with Crippen LogP contribution in [0.5, 0.6) is 17.2 Å². The van der Waals surface area contributed by atoms with Gasteiger partial charge in [-0.05, 0) is 76.4 Å². The number of hydrogen-bond donors (Lipinski definition) is 1. The fourth-order valence-corrected chi connectivity index (χ4v) is 5.02. The lowest BCUT2D eigenvalue weighted by molar-refractivity contribution is -0.143. The highest BCUT2D eigenvalue weighted by Gasteiger charge is 2.21. The quantitative estimate of drug-likeness (QED) is 0.202. The van der Waals surface area contributed by atoms with Gasteiger partial charge in [0.2, 0.25) is 5.91 Å². The van der Waals surface area contributed by atoms with Crippen molar-refractivity contribution in [3.63, 3.8) is 0 Å². The van der Waals surface area contributed by atoms with E-state index >= 15 is 0 Å². The molecule has 1 unspecified atom stereocenters. The Morgan fingerprint density at radius 1 is 0.977 bits per heavy atom. The van der Waals surface area contributed by atoms with Crippen molar-refractivity contribution in [2.45, 2.75) is 66.0 Å². The molecule has 0 saturated carbocycles. The summed E-state index contributed by atoms with van der Waals surface area (Å²) in [6, 6.07) is 14.4. The van der Waals surface area contributed by atoms with E-state index in [4.69, 9.17) is 29.0 Å². The van der Waals surface area contributed by atoms with E-state index in [1.807, 2.05) is 76.2 Å². The van der Waals surface area contributed by atoms with Gasteiger partial charge in [0.25, 0.3) is 0 Å². The Kier molecular flexibility index (Phi) is 10.2. The molecule has 10 heteroatoms. The van der Waals surface area contributed by atoms with Gasteiger partial charge in [0.15, 0.2) is 5.65 Å². The van der Waals surface area contributed by atoms with Gasteiger partial charge in [0.05, 0.1) is 45.1 Å². The van der Waals surface area contributed by atoms with Crippen LogP contribution in [0.3, 0.4) is 0 Å². The fraction of sp³-hybridized carbons (Fsp3) is 0.394. The number of nitrogens with one attached hydrogen (secondary N) is 1. The van der Waals surface area contributed by atoms with Crippen molar-refractivity contribution in [3.8, 4) is 28.5 Å². The first-order valence-electron chi connectivity index (χ1n) is 14.4. The lowest BCUT2D eigenvalue weighted by Gasteiger charge is -2.20. The molecule has 2 heterocycles. The van der Waals surface area contributed by atoms with Gasteiger partial charge in [0, 0.05) is 35.5 Å². The Morgan fingerprint density at radius 2 is 1.70 bits per heavy atom. The van der Waals surface area contributed by atoms with Crippen molar-refractivity contribution in [2.75, 3.05) is 20.8 Å². The van der Waals surface area contributed by atoms with Crippen LogP contribution in [0.4, 0.5) is 0 Å². The summed E-state index contributed by atoms with van der Waals surface area (Å²) in [6.07, 6.45) is 0.741. The number of carbonyl (C=O) groups excluding carboxylic acids is 2. The SMILES string of the molecule is CCOC(=O)CC(NC(=O)CCc1c(C)nc2cc(-c3ccc(OC)cc3OC)nn2c1C)c1ccc(OC(C)C)cc1. The number of aryl methyl sites for hydroxylation is 2. The van der Waals surface area contributed by atoms with E-state index < -0.39 is 6.04 Å². The van der Waals surface area contributed by atoms with Gasteiger partial charge in [-0.1, -0.05) is 12.1 Å². The Labute approximate surface area is 252 Å². The zero-order valence-corrected chi connectivity index (χ0v) is 25.9. The van der Waals surface area contributed by atoms with Crippen molar-refractivity contribution >= 4 is 17.5 Å². The molecular formula is C33H40N4O6. The molecule has 10 nitrogen and oxygen atoms in total. The normalized spacial score (nSPS) is 11.8. The molecule has 1 amide bonds. The van der Waals surface area contributed by atoms with E-state index in [2.05, 4.69) is 5.32 Å². The van der Waals surface area contributed by atoms with E-state index in [1.165, 1.54) is 0 Å². The number of nitrogens with zero attached hydrogens (tertiary/aromatic N) is 3. The standard InChI is InChI=1S/C33H40N4O6/c1-8-42-33(39)19-28(23-9-11-24(12-10-23)43-20(2)3)35-32(38)16-15-26-21(4)34-31-18-29(36-37(31)22(26)5)27-14-13-25(40-6)17-30(27)41-7/h9-14,17-18,20,28H,8,15-16,19H2,1-7H3,(H,35,38). The number of rotatable bonds is 13. The topological polar surface area (TPSA) is 113 Å². The smallest absolute Gasteiger partial charge is 0.308 e. The number of aromatic nitrogens is 3. The molecule has 2 aromatic carbocycles. The number of carbonyl (C=O) groups is 2. The molecule has 43 heavy (non-hydrogen) atoms. The van der Waals surface area contributed by atoms with E-state index in [0.29, 0.717) is 23.6 Å². The summed E-state index contributed by atoms with van der Waals surface area (Å²) in [7, 11) is 3.22. The first kappa shape index (κ1) is 31.3. The molecular weight excluding hydrogens is 548 g/mol. The van der Waals surface area contributed by atoms with Crippen LogP contribution in [0, 0.1) is 13.8 Å². The third-order valence-electron chi connectivity index (χ3n) is 7.12. The molecule has 0 spiro atoms. The third-order valence-corrected chi connectivity index (χ3v) is 7.12. The van der Waals surface area contributed by atoms with Gasteiger partial charge in [-0.25, -0.2) is 9.50 Å². The number of hydrogen-bond acceptors (Lipinski definition) is 8. The van der Waals surface area contributed by atoms with Crippen molar-refractivity contribution in [3.05, 3.63) is 71.0 Å². The van der Waals surface area contributed by atoms with Gasteiger partial charge >= 0.3 is 5.97 Å². The van der Waals surface area contributed by atoms with Gasteiger partial charge < -0.3 is 24.3 Å². The molecule has 0 aliphatic rings. The molecule has 0 aliphatic carbocycles. The van der Waals surface area contributed by atoms with Crippen molar-refractivity contribution in [2.24, 2.45) is 0 Å². The Balaban J connectivity index is 1.52. The number of esters is 1. The van der Waals surface area contributed by atoms with Crippen LogP contribution in [-0.4, -0.2) is 53.4 Å². The number of methoxy groups -OCH3 is 2. The highest BCUT2D eigenvalue weighted by molar-refractivity contribution is 5.78. The maximum Gasteiger partial charge on any atom is 0.308 e. The number of ether oxygens (including phenoxy) is 4. The Morgan fingerprint density at radius 3 is 2.35 bits per heavy atom. The largest absolute Gasteiger partial charge is 0.497 e. The minimum absolute atomic E-state index is 0.0282. The molecule has 4 rings (SSSR count). The van der Waals surface area contributed by atoms with Gasteiger partial charge in [0.1, 0.15) is 17.2 Å². The van der Waals surface area contributed by atoms with Gasteiger partial charge in [-0.3, -0.25) is 9.59 Å². The molecule has 1 atom stereocenters. The molecule has 0 fully saturated rings. The molecule has 0 aliphatic heterocycles. The average molecular weight is 589 g/mol. The van der Waals surface area contributed by atoms with Gasteiger partial charge in [-0.2, -0.15) is 5.10 Å². The van der Waals surface area contributed by atoms with E-state index in [-0.39, 0.29) is 37.4 Å². The fourth-order valence-electron chi connectivity index (χ4n) is 5.02. The van der Waals surface area contributed by atoms with Crippen molar-refractivity contribution in [1.82, 2.24) is 19.9 Å². The number of amides is 1. The summed E-state index contributed by atoms with van der Waals surface area (Å²) in [5.74, 6) is 1.51. The second-order valence-electron chi connectivity index (χ2n) is 10.5. The molecule has 1 N–H and O–H groups in total. The summed E-state index contributed by atoms with van der Waals surface area (Å²) in [4.78, 5) is 30.3. The maximum atomic E-state index is 13.2. The highest BCUT2D eigenvalue weighted by Crippen LogP contribution is 2.33. The second kappa shape index (κ2) is 14.0. The van der Waals surface area contributed by atoms with Crippen LogP contribution in [0.1, 0.15) is 62.2 Å². The summed E-state index contributed by atoms with van der Waals surface area (Å²) in [6.45, 7) is 9.85. The molecule has 4 aromatic rings. The lowest BCUT2D eigenvalue weighted by Crippen LogP contribution is -2.31. The van der Waals surface area contributed by atoms with Crippen LogP contribution in [0.25, 0.3) is 16.9 Å². The van der Waals surface area contributed by atoms with E-state index in [1.54, 1.807) is 25.7 Å². The third kappa shape index (κ3) is 7.63. The maximum absolute atomic E-state index is 13.2. The van der Waals surface area contributed by atoms with Crippen molar-refractivity contribution < 1.29 is 28.5 Å². The van der Waals surface area contributed by atoms with Gasteiger partial charge in [-0.15, -0.1) is 0 Å². The second-order valence-corrected chi connectivity index (χ2v) is 10.5. The Hall–Kier alpha value is -4.60. The molecule has 0 radical (unpaired) electrons. The van der Waals surface area contributed by atoms with Crippen LogP contribution < -0.4 is 19.5 Å². The highest BCUT2D eigenvalue weighted by atomic mass is 16.5. The van der Waals surface area contributed by atoms with Crippen LogP contribution in [0.2, 0.25) is 0 Å². The minimum atomic E-state index is -0.532. The summed E-state index contributed by atoms with van der Waals surface area (Å²) < 4.78 is 23.6. The summed E-state index contributed by atoms with van der Waals surface area (Å²) in [5, 5.41) is 7.84.